The van der Waals surface area contributed by atoms with Gasteiger partial charge in [-0.25, -0.2) is 0 Å². The van der Waals surface area contributed by atoms with Crippen molar-refractivity contribution in [2.45, 2.75) is 31.5 Å². The van der Waals surface area contributed by atoms with E-state index in [1.54, 1.807) is 18.2 Å². The van der Waals surface area contributed by atoms with E-state index >= 15 is 0 Å². The molecule has 0 saturated carbocycles. The highest BCUT2D eigenvalue weighted by molar-refractivity contribution is 7.99. The Bertz CT molecular complexity index is 730. The number of rotatable bonds is 9. The number of primary amides is 1. The molecule has 7 nitrogen and oxygen atoms in total. The van der Waals surface area contributed by atoms with Crippen molar-refractivity contribution in [3.8, 4) is 5.75 Å². The molecule has 128 valence electrons. The quantitative estimate of drug-likeness (QED) is 0.547. The number of thioether (sulfide) groups is 1. The number of Topliss-reactive ketones (excluding diaryl/α,β-unsaturated/α-hetero) is 1. The lowest BCUT2D eigenvalue weighted by molar-refractivity contribution is -0.118. The van der Waals surface area contributed by atoms with E-state index in [0.29, 0.717) is 35.3 Å². The fourth-order valence-electron chi connectivity index (χ4n) is 2.25. The van der Waals surface area contributed by atoms with Crippen LogP contribution in [0, 0.1) is 0 Å². The van der Waals surface area contributed by atoms with Gasteiger partial charge < -0.3 is 15.0 Å². The molecule has 2 aromatic rings. The number of nitrogens with two attached hydrogens (primary N) is 1. The number of nitrogens with zero attached hydrogens (tertiary/aromatic N) is 3. The maximum atomic E-state index is 12.4. The van der Waals surface area contributed by atoms with Crippen LogP contribution in [0.4, 0.5) is 0 Å². The summed E-state index contributed by atoms with van der Waals surface area (Å²) in [5.74, 6) is 1.07. The van der Waals surface area contributed by atoms with Crippen LogP contribution in [0.5, 0.6) is 5.75 Å². The molecule has 8 heteroatoms. The Kier molecular flexibility index (Phi) is 6.36. The standard InChI is InChI=1S/C16H20N4O3S/c1-3-20-15(9-8-14(17)22)18-19-16(20)24-10-12(21)11-6-4-5-7-13(11)23-2/h4-7H,3,8-10H2,1-2H3,(H2,17,22). The second kappa shape index (κ2) is 8.49. The van der Waals surface area contributed by atoms with Gasteiger partial charge in [0.1, 0.15) is 11.6 Å². The molecular weight excluding hydrogens is 328 g/mol. The molecule has 1 heterocycles. The first-order valence-corrected chi connectivity index (χ1v) is 8.54. The monoisotopic (exact) mass is 348 g/mol. The van der Waals surface area contributed by atoms with E-state index in [0.717, 1.165) is 0 Å². The summed E-state index contributed by atoms with van der Waals surface area (Å²) in [5.41, 5.74) is 5.72. The van der Waals surface area contributed by atoms with Gasteiger partial charge in [0.25, 0.3) is 0 Å². The largest absolute Gasteiger partial charge is 0.496 e. The normalized spacial score (nSPS) is 10.6. The van der Waals surface area contributed by atoms with E-state index in [2.05, 4.69) is 10.2 Å². The Balaban J connectivity index is 2.06. The Labute approximate surface area is 144 Å². The molecule has 0 saturated heterocycles. The number of ether oxygens (including phenoxy) is 1. The zero-order valence-electron chi connectivity index (χ0n) is 13.7. The van der Waals surface area contributed by atoms with Gasteiger partial charge in [-0.2, -0.15) is 0 Å². The van der Waals surface area contributed by atoms with E-state index in [9.17, 15) is 9.59 Å². The summed E-state index contributed by atoms with van der Waals surface area (Å²) in [4.78, 5) is 23.3. The predicted molar refractivity (Wildman–Crippen MR) is 91.3 cm³/mol. The van der Waals surface area contributed by atoms with Crippen molar-refractivity contribution < 1.29 is 14.3 Å². The molecule has 0 bridgehead atoms. The van der Waals surface area contributed by atoms with Crippen LogP contribution in [0.3, 0.4) is 0 Å². The Morgan fingerprint density at radius 1 is 1.29 bits per heavy atom. The summed E-state index contributed by atoms with van der Waals surface area (Å²) in [6.07, 6.45) is 0.667. The van der Waals surface area contributed by atoms with Gasteiger partial charge in [0.05, 0.1) is 18.4 Å². The summed E-state index contributed by atoms with van der Waals surface area (Å²) < 4.78 is 7.11. The van der Waals surface area contributed by atoms with E-state index < -0.39 is 0 Å². The number of amides is 1. The lowest BCUT2D eigenvalue weighted by Gasteiger charge is -2.08. The first kappa shape index (κ1) is 18.0. The molecule has 1 aromatic carbocycles. The molecular formula is C16H20N4O3S. The van der Waals surface area contributed by atoms with Crippen LogP contribution in [0.2, 0.25) is 0 Å². The average Bonchev–Trinajstić information content (AvgIpc) is 2.99. The molecule has 0 atom stereocenters. The van der Waals surface area contributed by atoms with Gasteiger partial charge in [-0.3, -0.25) is 9.59 Å². The smallest absolute Gasteiger partial charge is 0.217 e. The summed E-state index contributed by atoms with van der Waals surface area (Å²) in [7, 11) is 1.54. The fourth-order valence-corrected chi connectivity index (χ4v) is 3.15. The molecule has 0 aliphatic rings. The first-order chi connectivity index (χ1) is 11.6. The third kappa shape index (κ3) is 4.35. The summed E-state index contributed by atoms with van der Waals surface area (Å²) >= 11 is 1.32. The van der Waals surface area contributed by atoms with Gasteiger partial charge in [-0.15, -0.1) is 10.2 Å². The van der Waals surface area contributed by atoms with Crippen LogP contribution in [-0.2, 0) is 17.8 Å². The third-order valence-corrected chi connectivity index (χ3v) is 4.41. The number of hydrogen-bond acceptors (Lipinski definition) is 6. The maximum Gasteiger partial charge on any atom is 0.217 e. The van der Waals surface area contributed by atoms with Gasteiger partial charge in [0.15, 0.2) is 10.9 Å². The molecule has 0 aliphatic heterocycles. The minimum atomic E-state index is -0.374. The molecule has 1 aromatic heterocycles. The Hall–Kier alpha value is -2.35. The summed E-state index contributed by atoms with van der Waals surface area (Å²) in [6.45, 7) is 2.62. The highest BCUT2D eigenvalue weighted by Gasteiger charge is 2.16. The highest BCUT2D eigenvalue weighted by Crippen LogP contribution is 2.23. The van der Waals surface area contributed by atoms with Crippen molar-refractivity contribution >= 4 is 23.5 Å². The van der Waals surface area contributed by atoms with E-state index in [-0.39, 0.29) is 23.9 Å². The van der Waals surface area contributed by atoms with Crippen molar-refractivity contribution in [3.63, 3.8) is 0 Å². The van der Waals surface area contributed by atoms with Gasteiger partial charge in [-0.1, -0.05) is 23.9 Å². The molecule has 0 unspecified atom stereocenters. The Morgan fingerprint density at radius 2 is 2.04 bits per heavy atom. The molecule has 2 N–H and O–H groups in total. The zero-order chi connectivity index (χ0) is 17.5. The van der Waals surface area contributed by atoms with Crippen molar-refractivity contribution in [2.75, 3.05) is 12.9 Å². The van der Waals surface area contributed by atoms with Crippen molar-refractivity contribution in [1.29, 1.82) is 0 Å². The third-order valence-electron chi connectivity index (χ3n) is 3.44. The maximum absolute atomic E-state index is 12.4. The number of methoxy groups -OCH3 is 1. The number of aryl methyl sites for hydroxylation is 1. The number of hydrogen-bond donors (Lipinski definition) is 1. The topological polar surface area (TPSA) is 100 Å². The first-order valence-electron chi connectivity index (χ1n) is 7.56. The molecule has 2 rings (SSSR count). The van der Waals surface area contributed by atoms with Crippen molar-refractivity contribution in [2.24, 2.45) is 5.73 Å². The second-order valence-electron chi connectivity index (χ2n) is 5.02. The Morgan fingerprint density at radius 3 is 2.71 bits per heavy atom. The average molecular weight is 348 g/mol. The molecule has 0 spiro atoms. The van der Waals surface area contributed by atoms with Crippen LogP contribution in [0.1, 0.15) is 29.5 Å². The van der Waals surface area contributed by atoms with E-state index in [1.807, 2.05) is 17.6 Å². The van der Waals surface area contributed by atoms with E-state index in [4.69, 9.17) is 10.5 Å². The number of carbonyl (C=O) groups is 2. The number of benzene rings is 1. The van der Waals surface area contributed by atoms with Crippen LogP contribution < -0.4 is 10.5 Å². The number of para-hydroxylation sites is 1. The number of ketones is 1. The number of carbonyl (C=O) groups excluding carboxylic acids is 2. The van der Waals surface area contributed by atoms with Crippen molar-refractivity contribution in [3.05, 3.63) is 35.7 Å². The summed E-state index contributed by atoms with van der Waals surface area (Å²) in [5, 5.41) is 8.86. The molecule has 0 fully saturated rings. The number of aromatic nitrogens is 3. The summed E-state index contributed by atoms with van der Waals surface area (Å²) in [6, 6.07) is 7.12. The van der Waals surface area contributed by atoms with Gasteiger partial charge in [0, 0.05) is 19.4 Å². The van der Waals surface area contributed by atoms with Crippen LogP contribution >= 0.6 is 11.8 Å². The van der Waals surface area contributed by atoms with Crippen molar-refractivity contribution in [1.82, 2.24) is 14.8 Å². The fraction of sp³-hybridized carbons (Fsp3) is 0.375. The van der Waals surface area contributed by atoms with Gasteiger partial charge in [0.2, 0.25) is 5.91 Å². The van der Waals surface area contributed by atoms with Gasteiger partial charge >= 0.3 is 0 Å². The van der Waals surface area contributed by atoms with Crippen LogP contribution in [0.25, 0.3) is 0 Å². The van der Waals surface area contributed by atoms with Gasteiger partial charge in [-0.05, 0) is 19.1 Å². The zero-order valence-corrected chi connectivity index (χ0v) is 14.5. The second-order valence-corrected chi connectivity index (χ2v) is 5.96. The lowest BCUT2D eigenvalue weighted by atomic mass is 10.1. The minimum Gasteiger partial charge on any atom is -0.496 e. The molecule has 1 amide bonds. The van der Waals surface area contributed by atoms with Crippen LogP contribution in [0.15, 0.2) is 29.4 Å². The molecule has 24 heavy (non-hydrogen) atoms. The van der Waals surface area contributed by atoms with E-state index in [1.165, 1.54) is 18.9 Å². The SMILES string of the molecule is CCn1c(CCC(N)=O)nnc1SCC(=O)c1ccccc1OC. The minimum absolute atomic E-state index is 0.0400. The van der Waals surface area contributed by atoms with Crippen LogP contribution in [-0.4, -0.2) is 39.3 Å². The highest BCUT2D eigenvalue weighted by atomic mass is 32.2. The lowest BCUT2D eigenvalue weighted by Crippen LogP contribution is -2.13. The molecule has 0 radical (unpaired) electrons. The molecule has 0 aliphatic carbocycles. The predicted octanol–water partition coefficient (Wildman–Crippen LogP) is 1.70.